The minimum absolute atomic E-state index is 0.0371. The minimum atomic E-state index is -0.505. The summed E-state index contributed by atoms with van der Waals surface area (Å²) >= 11 is 0. The van der Waals surface area contributed by atoms with E-state index < -0.39 is 4.92 Å². The van der Waals surface area contributed by atoms with E-state index in [1.54, 1.807) is 13.0 Å². The van der Waals surface area contributed by atoms with E-state index in [0.717, 1.165) is 0 Å². The smallest absolute Gasteiger partial charge is 0.277 e. The zero-order valence-electron chi connectivity index (χ0n) is 11.7. The monoisotopic (exact) mass is 293 g/mol. The maximum absolute atomic E-state index is 11.0. The van der Waals surface area contributed by atoms with Gasteiger partial charge in [-0.2, -0.15) is 0 Å². The summed E-state index contributed by atoms with van der Waals surface area (Å²) in [6.45, 7) is 1.92. The number of nitro benzene ring substituents is 1. The molecule has 1 aromatic carbocycles. The van der Waals surface area contributed by atoms with Crippen LogP contribution in [0.2, 0.25) is 0 Å². The van der Waals surface area contributed by atoms with E-state index in [9.17, 15) is 10.1 Å². The fourth-order valence-corrected chi connectivity index (χ4v) is 1.83. The van der Waals surface area contributed by atoms with Crippen LogP contribution in [0.5, 0.6) is 11.5 Å². The molecule has 2 rings (SSSR count). The van der Waals surface area contributed by atoms with Crippen molar-refractivity contribution in [1.82, 2.24) is 5.16 Å². The summed E-state index contributed by atoms with van der Waals surface area (Å²) in [5.41, 5.74) is 6.36. The number of rotatable bonds is 6. The topological polar surface area (TPSA) is 114 Å². The van der Waals surface area contributed by atoms with Crippen LogP contribution in [-0.2, 0) is 13.2 Å². The first-order chi connectivity index (χ1) is 10.0. The van der Waals surface area contributed by atoms with Crippen molar-refractivity contribution in [1.29, 1.82) is 0 Å². The molecule has 0 saturated carbocycles. The lowest BCUT2D eigenvalue weighted by atomic mass is 10.1. The second-order valence-corrected chi connectivity index (χ2v) is 4.31. The number of aromatic nitrogens is 1. The quantitative estimate of drug-likeness (QED) is 0.639. The van der Waals surface area contributed by atoms with Crippen LogP contribution < -0.4 is 15.2 Å². The largest absolute Gasteiger partial charge is 0.493 e. The van der Waals surface area contributed by atoms with Gasteiger partial charge in [0.25, 0.3) is 5.69 Å². The molecule has 8 nitrogen and oxygen atoms in total. The van der Waals surface area contributed by atoms with Gasteiger partial charge in [0.2, 0.25) is 0 Å². The lowest BCUT2D eigenvalue weighted by molar-refractivity contribution is -0.385. The number of hydrogen-bond donors (Lipinski definition) is 1. The van der Waals surface area contributed by atoms with Crippen LogP contribution in [0, 0.1) is 17.0 Å². The Hall–Kier alpha value is -2.61. The van der Waals surface area contributed by atoms with Gasteiger partial charge < -0.3 is 19.7 Å². The Balaban J connectivity index is 2.28. The number of nitro groups is 1. The molecule has 0 bridgehead atoms. The number of nitrogens with two attached hydrogens (primary N) is 1. The fraction of sp³-hybridized carbons (Fsp3) is 0.308. The van der Waals surface area contributed by atoms with Crippen molar-refractivity contribution in [3.63, 3.8) is 0 Å². The summed E-state index contributed by atoms with van der Waals surface area (Å²) in [4.78, 5) is 10.5. The highest BCUT2D eigenvalue weighted by Gasteiger charge is 2.19. The second-order valence-electron chi connectivity index (χ2n) is 4.31. The maximum Gasteiger partial charge on any atom is 0.277 e. The number of hydrogen-bond acceptors (Lipinski definition) is 7. The Labute approximate surface area is 120 Å². The number of methoxy groups -OCH3 is 1. The van der Waals surface area contributed by atoms with E-state index in [-0.39, 0.29) is 24.6 Å². The number of benzene rings is 1. The molecule has 0 amide bonds. The molecule has 1 aromatic heterocycles. The minimum Gasteiger partial charge on any atom is -0.493 e. The van der Waals surface area contributed by atoms with Crippen LogP contribution in [-0.4, -0.2) is 17.2 Å². The van der Waals surface area contributed by atoms with Crippen molar-refractivity contribution in [3.05, 3.63) is 45.3 Å². The molecule has 21 heavy (non-hydrogen) atoms. The van der Waals surface area contributed by atoms with Gasteiger partial charge in [0.15, 0.2) is 11.5 Å². The maximum atomic E-state index is 11.0. The summed E-state index contributed by atoms with van der Waals surface area (Å²) in [5.74, 6) is 1.29. The van der Waals surface area contributed by atoms with E-state index >= 15 is 0 Å². The van der Waals surface area contributed by atoms with Crippen LogP contribution in [0.25, 0.3) is 0 Å². The van der Waals surface area contributed by atoms with Crippen LogP contribution in [0.1, 0.15) is 17.0 Å². The van der Waals surface area contributed by atoms with Crippen LogP contribution in [0.3, 0.4) is 0 Å². The van der Waals surface area contributed by atoms with Gasteiger partial charge >= 0.3 is 0 Å². The first-order valence-corrected chi connectivity index (χ1v) is 6.15. The lowest BCUT2D eigenvalue weighted by Crippen LogP contribution is -2.05. The lowest BCUT2D eigenvalue weighted by Gasteiger charge is -2.11. The molecule has 112 valence electrons. The number of nitrogens with zero attached hydrogens (tertiary/aromatic N) is 2. The van der Waals surface area contributed by atoms with Crippen LogP contribution >= 0.6 is 0 Å². The summed E-state index contributed by atoms with van der Waals surface area (Å²) in [6, 6.07) is 4.52. The third-order valence-corrected chi connectivity index (χ3v) is 2.83. The Morgan fingerprint density at radius 2 is 2.14 bits per heavy atom. The standard InChI is InChI=1S/C13H15N3O5/c1-8-3-10(15-21-8)7-20-13-5-11(16(17)18)9(6-14)4-12(13)19-2/h3-5H,6-7,14H2,1-2H3. The third kappa shape index (κ3) is 3.29. The SMILES string of the molecule is COc1cc(CN)c([N+](=O)[O-])cc1OCc1cc(C)on1. The molecule has 0 aliphatic carbocycles. The Morgan fingerprint density at radius 1 is 1.38 bits per heavy atom. The van der Waals surface area contributed by atoms with Gasteiger partial charge in [-0.05, 0) is 13.0 Å². The normalized spacial score (nSPS) is 10.4. The Bertz CT molecular complexity index is 653. The first-order valence-electron chi connectivity index (χ1n) is 6.15. The molecule has 2 aromatic rings. The summed E-state index contributed by atoms with van der Waals surface area (Å²) < 4.78 is 15.6. The van der Waals surface area contributed by atoms with Crippen molar-refractivity contribution < 1.29 is 18.9 Å². The summed E-state index contributed by atoms with van der Waals surface area (Å²) in [5, 5.41) is 14.8. The molecule has 0 fully saturated rings. The van der Waals surface area contributed by atoms with E-state index in [2.05, 4.69) is 5.16 Å². The fourth-order valence-electron chi connectivity index (χ4n) is 1.83. The van der Waals surface area contributed by atoms with Crippen molar-refractivity contribution in [3.8, 4) is 11.5 Å². The van der Waals surface area contributed by atoms with Gasteiger partial charge in [-0.1, -0.05) is 5.16 Å². The Morgan fingerprint density at radius 3 is 2.67 bits per heavy atom. The predicted octanol–water partition coefficient (Wildman–Crippen LogP) is 1.94. The highest BCUT2D eigenvalue weighted by molar-refractivity contribution is 5.54. The molecule has 8 heteroatoms. The van der Waals surface area contributed by atoms with Gasteiger partial charge in [-0.25, -0.2) is 0 Å². The van der Waals surface area contributed by atoms with Crippen LogP contribution in [0.4, 0.5) is 5.69 Å². The highest BCUT2D eigenvalue weighted by Crippen LogP contribution is 2.35. The van der Waals surface area contributed by atoms with Crippen molar-refractivity contribution >= 4 is 5.69 Å². The van der Waals surface area contributed by atoms with Gasteiger partial charge in [-0.15, -0.1) is 0 Å². The predicted molar refractivity (Wildman–Crippen MR) is 73.1 cm³/mol. The molecule has 0 unspecified atom stereocenters. The summed E-state index contributed by atoms with van der Waals surface area (Å²) in [7, 11) is 1.45. The van der Waals surface area contributed by atoms with E-state index in [4.69, 9.17) is 19.7 Å². The molecule has 0 aliphatic heterocycles. The van der Waals surface area contributed by atoms with Gasteiger partial charge in [0, 0.05) is 18.2 Å². The molecule has 0 atom stereocenters. The number of aryl methyl sites for hydroxylation is 1. The Kier molecular flexibility index (Phi) is 4.39. The average Bonchev–Trinajstić information content (AvgIpc) is 2.89. The zero-order chi connectivity index (χ0) is 15.4. The summed E-state index contributed by atoms with van der Waals surface area (Å²) in [6.07, 6.45) is 0. The molecule has 0 saturated heterocycles. The number of ether oxygens (including phenoxy) is 2. The van der Waals surface area contributed by atoms with Crippen LogP contribution in [0.15, 0.2) is 22.7 Å². The van der Waals surface area contributed by atoms with Crippen molar-refractivity contribution in [2.45, 2.75) is 20.1 Å². The van der Waals surface area contributed by atoms with Crippen molar-refractivity contribution in [2.24, 2.45) is 5.73 Å². The molecule has 0 radical (unpaired) electrons. The van der Waals surface area contributed by atoms with E-state index in [0.29, 0.717) is 22.8 Å². The molecule has 0 spiro atoms. The molecule has 1 heterocycles. The molecular formula is C13H15N3O5. The molecular weight excluding hydrogens is 278 g/mol. The second kappa shape index (κ2) is 6.23. The van der Waals surface area contributed by atoms with Gasteiger partial charge in [-0.3, -0.25) is 10.1 Å². The average molecular weight is 293 g/mol. The molecule has 0 aliphatic rings. The molecule has 2 N–H and O–H groups in total. The zero-order valence-corrected chi connectivity index (χ0v) is 11.7. The van der Waals surface area contributed by atoms with E-state index in [1.807, 2.05) is 0 Å². The van der Waals surface area contributed by atoms with Gasteiger partial charge in [0.05, 0.1) is 18.1 Å². The van der Waals surface area contributed by atoms with Crippen molar-refractivity contribution in [2.75, 3.05) is 7.11 Å². The highest BCUT2D eigenvalue weighted by atomic mass is 16.6. The van der Waals surface area contributed by atoms with Gasteiger partial charge in [0.1, 0.15) is 18.1 Å². The first kappa shape index (κ1) is 14.8. The third-order valence-electron chi connectivity index (χ3n) is 2.83. The van der Waals surface area contributed by atoms with E-state index in [1.165, 1.54) is 19.2 Å².